The van der Waals surface area contributed by atoms with Gasteiger partial charge in [-0.05, 0) is 36.4 Å². The molecular formula is C13H8BrFN2O. The van der Waals surface area contributed by atoms with Gasteiger partial charge in [-0.1, -0.05) is 15.9 Å². The normalized spacial score (nSPS) is 11.0. The topological polar surface area (TPSA) is 48.9 Å². The van der Waals surface area contributed by atoms with Crippen molar-refractivity contribution in [3.05, 3.63) is 46.7 Å². The predicted molar refractivity (Wildman–Crippen MR) is 70.9 cm³/mol. The molecule has 0 radical (unpaired) electrons. The Labute approximate surface area is 110 Å². The number of hydrogen-bond acceptors (Lipinski definition) is 2. The van der Waals surface area contributed by atoms with Crippen LogP contribution in [0, 0.1) is 5.82 Å². The standard InChI is InChI=1S/C13H8BrFN2O/c14-7-1-4-12(18)9(5-7)13-16-10-3-2-8(15)6-11(10)17-13/h1-6,18H,(H,16,17). The second-order valence-electron chi connectivity index (χ2n) is 3.91. The zero-order chi connectivity index (χ0) is 12.7. The molecule has 3 nitrogen and oxygen atoms in total. The first-order valence-corrected chi connectivity index (χ1v) is 6.07. The molecule has 0 saturated carbocycles. The van der Waals surface area contributed by atoms with Crippen molar-refractivity contribution in [1.29, 1.82) is 0 Å². The van der Waals surface area contributed by atoms with Crippen LogP contribution in [-0.4, -0.2) is 15.1 Å². The van der Waals surface area contributed by atoms with Crippen LogP contribution >= 0.6 is 15.9 Å². The van der Waals surface area contributed by atoms with Gasteiger partial charge in [0, 0.05) is 4.47 Å². The Kier molecular flexibility index (Phi) is 2.56. The van der Waals surface area contributed by atoms with E-state index >= 15 is 0 Å². The molecule has 3 aromatic rings. The van der Waals surface area contributed by atoms with E-state index < -0.39 is 0 Å². The Balaban J connectivity index is 2.22. The van der Waals surface area contributed by atoms with Crippen LogP contribution < -0.4 is 0 Å². The average molecular weight is 307 g/mol. The average Bonchev–Trinajstić information content (AvgIpc) is 2.74. The lowest BCUT2D eigenvalue weighted by atomic mass is 10.2. The summed E-state index contributed by atoms with van der Waals surface area (Å²) in [6.07, 6.45) is 0. The number of nitrogens with one attached hydrogen (secondary N) is 1. The number of aromatic amines is 1. The van der Waals surface area contributed by atoms with Crippen LogP contribution in [0.2, 0.25) is 0 Å². The van der Waals surface area contributed by atoms with E-state index in [-0.39, 0.29) is 11.6 Å². The Morgan fingerprint density at radius 3 is 2.83 bits per heavy atom. The molecule has 1 heterocycles. The number of benzene rings is 2. The molecule has 18 heavy (non-hydrogen) atoms. The molecule has 0 atom stereocenters. The Hall–Kier alpha value is -1.88. The lowest BCUT2D eigenvalue weighted by Crippen LogP contribution is -1.81. The highest BCUT2D eigenvalue weighted by Gasteiger charge is 2.10. The molecule has 0 fully saturated rings. The zero-order valence-corrected chi connectivity index (χ0v) is 10.7. The molecule has 3 rings (SSSR count). The van der Waals surface area contributed by atoms with Gasteiger partial charge in [-0.25, -0.2) is 9.37 Å². The van der Waals surface area contributed by atoms with Crippen molar-refractivity contribution >= 4 is 27.0 Å². The van der Waals surface area contributed by atoms with Crippen LogP contribution in [-0.2, 0) is 0 Å². The van der Waals surface area contributed by atoms with Crippen LogP contribution in [0.1, 0.15) is 0 Å². The summed E-state index contributed by atoms with van der Waals surface area (Å²) >= 11 is 3.34. The summed E-state index contributed by atoms with van der Waals surface area (Å²) in [6.45, 7) is 0. The number of imidazole rings is 1. The summed E-state index contributed by atoms with van der Waals surface area (Å²) in [7, 11) is 0. The molecule has 2 N–H and O–H groups in total. The molecule has 0 aliphatic rings. The van der Waals surface area contributed by atoms with E-state index in [2.05, 4.69) is 25.9 Å². The summed E-state index contributed by atoms with van der Waals surface area (Å²) in [5.41, 5.74) is 1.83. The zero-order valence-electron chi connectivity index (χ0n) is 9.11. The Morgan fingerprint density at radius 1 is 1.17 bits per heavy atom. The number of fused-ring (bicyclic) bond motifs is 1. The quantitative estimate of drug-likeness (QED) is 0.717. The van der Waals surface area contributed by atoms with Gasteiger partial charge in [-0.3, -0.25) is 0 Å². The molecule has 0 aliphatic heterocycles. The third kappa shape index (κ3) is 1.86. The van der Waals surface area contributed by atoms with Crippen molar-refractivity contribution in [3.63, 3.8) is 0 Å². The van der Waals surface area contributed by atoms with Crippen molar-refractivity contribution < 1.29 is 9.50 Å². The number of nitrogens with zero attached hydrogens (tertiary/aromatic N) is 1. The van der Waals surface area contributed by atoms with Gasteiger partial charge in [-0.2, -0.15) is 0 Å². The van der Waals surface area contributed by atoms with Crippen molar-refractivity contribution in [2.45, 2.75) is 0 Å². The maximum atomic E-state index is 13.1. The number of aromatic hydroxyl groups is 1. The lowest BCUT2D eigenvalue weighted by molar-refractivity contribution is 0.477. The summed E-state index contributed by atoms with van der Waals surface area (Å²) in [5, 5.41) is 9.81. The van der Waals surface area contributed by atoms with Gasteiger partial charge in [0.25, 0.3) is 0 Å². The number of H-pyrrole nitrogens is 1. The third-order valence-electron chi connectivity index (χ3n) is 2.66. The molecule has 0 amide bonds. The molecular weight excluding hydrogens is 299 g/mol. The summed E-state index contributed by atoms with van der Waals surface area (Å²) < 4.78 is 13.9. The van der Waals surface area contributed by atoms with E-state index in [9.17, 15) is 9.50 Å². The van der Waals surface area contributed by atoms with Gasteiger partial charge < -0.3 is 10.1 Å². The largest absolute Gasteiger partial charge is 0.507 e. The SMILES string of the molecule is Oc1ccc(Br)cc1-c1nc2ccc(F)cc2[nH]1. The third-order valence-corrected chi connectivity index (χ3v) is 3.15. The van der Waals surface area contributed by atoms with Crippen molar-refractivity contribution in [3.8, 4) is 17.1 Å². The van der Waals surface area contributed by atoms with E-state index in [0.717, 1.165) is 4.47 Å². The first-order valence-electron chi connectivity index (χ1n) is 5.27. The molecule has 5 heteroatoms. The van der Waals surface area contributed by atoms with Crippen LogP contribution in [0.3, 0.4) is 0 Å². The van der Waals surface area contributed by atoms with E-state index in [1.165, 1.54) is 12.1 Å². The maximum Gasteiger partial charge on any atom is 0.142 e. The minimum Gasteiger partial charge on any atom is -0.507 e. The van der Waals surface area contributed by atoms with E-state index in [0.29, 0.717) is 22.4 Å². The van der Waals surface area contributed by atoms with Gasteiger partial charge >= 0.3 is 0 Å². The first kappa shape index (κ1) is 11.2. The van der Waals surface area contributed by atoms with E-state index in [4.69, 9.17) is 0 Å². The molecule has 0 bridgehead atoms. The molecule has 90 valence electrons. The summed E-state index contributed by atoms with van der Waals surface area (Å²) in [5.74, 6) is 0.309. The van der Waals surface area contributed by atoms with Crippen molar-refractivity contribution in [2.75, 3.05) is 0 Å². The van der Waals surface area contributed by atoms with Gasteiger partial charge in [0.05, 0.1) is 16.6 Å². The fourth-order valence-electron chi connectivity index (χ4n) is 1.81. The number of phenols is 1. The van der Waals surface area contributed by atoms with Crippen LogP contribution in [0.4, 0.5) is 4.39 Å². The number of halogens is 2. The molecule has 0 aliphatic carbocycles. The lowest BCUT2D eigenvalue weighted by Gasteiger charge is -2.01. The van der Waals surface area contributed by atoms with E-state index in [1.54, 1.807) is 24.3 Å². The van der Waals surface area contributed by atoms with E-state index in [1.807, 2.05) is 0 Å². The van der Waals surface area contributed by atoms with Crippen molar-refractivity contribution in [2.24, 2.45) is 0 Å². The Bertz CT molecular complexity index is 739. The van der Waals surface area contributed by atoms with Crippen LogP contribution in [0.15, 0.2) is 40.9 Å². The first-order chi connectivity index (χ1) is 8.63. The van der Waals surface area contributed by atoms with Gasteiger partial charge in [-0.15, -0.1) is 0 Å². The summed E-state index contributed by atoms with van der Waals surface area (Å²) in [6, 6.07) is 9.39. The molecule has 1 aromatic heterocycles. The fraction of sp³-hybridized carbons (Fsp3) is 0. The number of phenolic OH excluding ortho intramolecular Hbond substituents is 1. The predicted octanol–water partition coefficient (Wildman–Crippen LogP) is 3.84. The van der Waals surface area contributed by atoms with Crippen LogP contribution in [0.25, 0.3) is 22.4 Å². The van der Waals surface area contributed by atoms with Crippen molar-refractivity contribution in [1.82, 2.24) is 9.97 Å². The molecule has 0 saturated heterocycles. The highest BCUT2D eigenvalue weighted by Crippen LogP contribution is 2.31. The van der Waals surface area contributed by atoms with Gasteiger partial charge in [0.1, 0.15) is 17.4 Å². The monoisotopic (exact) mass is 306 g/mol. The number of hydrogen-bond donors (Lipinski definition) is 2. The molecule has 0 unspecified atom stereocenters. The van der Waals surface area contributed by atoms with Gasteiger partial charge in [0.15, 0.2) is 0 Å². The highest BCUT2D eigenvalue weighted by molar-refractivity contribution is 9.10. The highest BCUT2D eigenvalue weighted by atomic mass is 79.9. The summed E-state index contributed by atoms with van der Waals surface area (Å²) in [4.78, 5) is 7.31. The van der Waals surface area contributed by atoms with Crippen LogP contribution in [0.5, 0.6) is 5.75 Å². The Morgan fingerprint density at radius 2 is 2.00 bits per heavy atom. The fourth-order valence-corrected chi connectivity index (χ4v) is 2.17. The number of aromatic nitrogens is 2. The minimum atomic E-state index is -0.323. The van der Waals surface area contributed by atoms with Gasteiger partial charge in [0.2, 0.25) is 0 Å². The minimum absolute atomic E-state index is 0.123. The molecule has 0 spiro atoms. The smallest absolute Gasteiger partial charge is 0.142 e. The second kappa shape index (κ2) is 4.10. The second-order valence-corrected chi connectivity index (χ2v) is 4.82. The number of rotatable bonds is 1. The molecule has 2 aromatic carbocycles. The maximum absolute atomic E-state index is 13.1.